The molecule has 3 heteroatoms. The van der Waals surface area contributed by atoms with Crippen LogP contribution >= 0.6 is 0 Å². The standard InChI is InChI=1S/C20H20N2O/c1-15-13-17(14-21-19-11-7-8-12-20(19)23-3)16(2)22(15)18-9-5-4-6-10-18/h4-14H,1-3H3. The Bertz CT molecular complexity index is 832. The number of aryl methyl sites for hydroxylation is 1. The van der Waals surface area contributed by atoms with Crippen molar-refractivity contribution in [1.29, 1.82) is 0 Å². The third-order valence-corrected chi connectivity index (χ3v) is 3.91. The highest BCUT2D eigenvalue weighted by molar-refractivity contribution is 5.85. The van der Waals surface area contributed by atoms with Gasteiger partial charge in [-0.25, -0.2) is 0 Å². The average molecular weight is 304 g/mol. The molecule has 2 aromatic carbocycles. The number of para-hydroxylation sites is 3. The molecule has 1 heterocycles. The molecule has 3 rings (SSSR count). The lowest BCUT2D eigenvalue weighted by Crippen LogP contribution is -1.99. The van der Waals surface area contributed by atoms with Crippen LogP contribution in [-0.2, 0) is 0 Å². The van der Waals surface area contributed by atoms with Crippen LogP contribution in [0.3, 0.4) is 0 Å². The van der Waals surface area contributed by atoms with Crippen LogP contribution < -0.4 is 4.74 Å². The van der Waals surface area contributed by atoms with Crippen LogP contribution in [0.15, 0.2) is 65.7 Å². The lowest BCUT2D eigenvalue weighted by Gasteiger charge is -2.09. The molecule has 3 aromatic rings. The van der Waals surface area contributed by atoms with Crippen LogP contribution in [0.1, 0.15) is 17.0 Å². The summed E-state index contributed by atoms with van der Waals surface area (Å²) in [7, 11) is 1.66. The van der Waals surface area contributed by atoms with Crippen molar-refractivity contribution in [2.75, 3.05) is 7.11 Å². The fourth-order valence-corrected chi connectivity index (χ4v) is 2.77. The first kappa shape index (κ1) is 15.1. The highest BCUT2D eigenvalue weighted by Crippen LogP contribution is 2.27. The Morgan fingerprint density at radius 1 is 0.957 bits per heavy atom. The molecule has 23 heavy (non-hydrogen) atoms. The van der Waals surface area contributed by atoms with E-state index in [1.54, 1.807) is 7.11 Å². The smallest absolute Gasteiger partial charge is 0.144 e. The topological polar surface area (TPSA) is 26.5 Å². The average Bonchev–Trinajstić information content (AvgIpc) is 2.87. The Morgan fingerprint density at radius 3 is 2.39 bits per heavy atom. The minimum atomic E-state index is 0.778. The summed E-state index contributed by atoms with van der Waals surface area (Å²) in [6.45, 7) is 4.23. The van der Waals surface area contributed by atoms with E-state index >= 15 is 0 Å². The van der Waals surface area contributed by atoms with Crippen molar-refractivity contribution in [3.8, 4) is 11.4 Å². The fraction of sp³-hybridized carbons (Fsp3) is 0.150. The number of rotatable bonds is 4. The van der Waals surface area contributed by atoms with Gasteiger partial charge in [-0.05, 0) is 44.2 Å². The Balaban J connectivity index is 1.98. The highest BCUT2D eigenvalue weighted by atomic mass is 16.5. The summed E-state index contributed by atoms with van der Waals surface area (Å²) < 4.78 is 7.58. The van der Waals surface area contributed by atoms with Gasteiger partial charge in [-0.1, -0.05) is 30.3 Å². The fourth-order valence-electron chi connectivity index (χ4n) is 2.77. The van der Waals surface area contributed by atoms with Crippen molar-refractivity contribution in [2.45, 2.75) is 13.8 Å². The van der Waals surface area contributed by atoms with Gasteiger partial charge in [-0.2, -0.15) is 0 Å². The second-order valence-corrected chi connectivity index (χ2v) is 5.43. The molecule has 0 saturated heterocycles. The summed E-state index contributed by atoms with van der Waals surface area (Å²) in [6.07, 6.45) is 1.90. The predicted octanol–water partition coefficient (Wildman–Crippen LogP) is 4.85. The van der Waals surface area contributed by atoms with Crippen LogP contribution in [0.2, 0.25) is 0 Å². The summed E-state index contributed by atoms with van der Waals surface area (Å²) in [6, 6.07) is 20.3. The van der Waals surface area contributed by atoms with Crippen LogP contribution in [0, 0.1) is 13.8 Å². The van der Waals surface area contributed by atoms with E-state index in [0.717, 1.165) is 17.0 Å². The van der Waals surface area contributed by atoms with Gasteiger partial charge < -0.3 is 9.30 Å². The molecule has 0 amide bonds. The van der Waals surface area contributed by atoms with Crippen molar-refractivity contribution in [2.24, 2.45) is 4.99 Å². The number of benzene rings is 2. The third kappa shape index (κ3) is 3.04. The summed E-state index contributed by atoms with van der Waals surface area (Å²) in [5.41, 5.74) is 5.47. The molecule has 0 atom stereocenters. The molecule has 3 nitrogen and oxygen atoms in total. The number of methoxy groups -OCH3 is 1. The molecule has 0 fully saturated rings. The molecule has 0 bridgehead atoms. The summed E-state index contributed by atoms with van der Waals surface area (Å²) in [5, 5.41) is 0. The van der Waals surface area contributed by atoms with Crippen molar-refractivity contribution < 1.29 is 4.74 Å². The van der Waals surface area contributed by atoms with Gasteiger partial charge in [0, 0.05) is 28.9 Å². The van der Waals surface area contributed by atoms with E-state index in [4.69, 9.17) is 4.74 Å². The van der Waals surface area contributed by atoms with Gasteiger partial charge in [-0.3, -0.25) is 4.99 Å². The molecule has 1 aromatic heterocycles. The Hall–Kier alpha value is -2.81. The van der Waals surface area contributed by atoms with Gasteiger partial charge in [0.05, 0.1) is 7.11 Å². The van der Waals surface area contributed by atoms with E-state index < -0.39 is 0 Å². The van der Waals surface area contributed by atoms with Crippen LogP contribution in [0.25, 0.3) is 5.69 Å². The minimum Gasteiger partial charge on any atom is -0.494 e. The molecule has 0 radical (unpaired) electrons. The second kappa shape index (κ2) is 6.53. The van der Waals surface area contributed by atoms with E-state index in [0.29, 0.717) is 0 Å². The third-order valence-electron chi connectivity index (χ3n) is 3.91. The number of ether oxygens (including phenoxy) is 1. The Morgan fingerprint density at radius 2 is 1.65 bits per heavy atom. The molecule has 0 spiro atoms. The SMILES string of the molecule is COc1ccccc1N=Cc1cc(C)n(-c2ccccc2)c1C. The quantitative estimate of drug-likeness (QED) is 0.633. The van der Waals surface area contributed by atoms with Gasteiger partial charge >= 0.3 is 0 Å². The molecule has 0 aliphatic heterocycles. The zero-order chi connectivity index (χ0) is 16.2. The molecule has 0 unspecified atom stereocenters. The first-order chi connectivity index (χ1) is 11.2. The Kier molecular flexibility index (Phi) is 4.29. The van der Waals surface area contributed by atoms with Crippen molar-refractivity contribution >= 4 is 11.9 Å². The minimum absolute atomic E-state index is 0.778. The summed E-state index contributed by atoms with van der Waals surface area (Å²) in [5.74, 6) is 0.778. The van der Waals surface area contributed by atoms with Crippen LogP contribution in [0.4, 0.5) is 5.69 Å². The number of aliphatic imine (C=N–C) groups is 1. The van der Waals surface area contributed by atoms with E-state index in [-0.39, 0.29) is 0 Å². The number of nitrogens with zero attached hydrogens (tertiary/aromatic N) is 2. The Labute approximate surface area is 136 Å². The van der Waals surface area contributed by atoms with E-state index in [2.05, 4.69) is 53.7 Å². The van der Waals surface area contributed by atoms with E-state index in [1.165, 1.54) is 17.1 Å². The molecule has 0 aliphatic rings. The summed E-state index contributed by atoms with van der Waals surface area (Å²) in [4.78, 5) is 4.59. The lowest BCUT2D eigenvalue weighted by atomic mass is 10.2. The van der Waals surface area contributed by atoms with Crippen molar-refractivity contribution in [3.05, 3.63) is 77.6 Å². The molecular formula is C20H20N2O. The maximum Gasteiger partial charge on any atom is 0.144 e. The van der Waals surface area contributed by atoms with E-state index in [1.807, 2.05) is 36.5 Å². The normalized spacial score (nSPS) is 11.1. The molecule has 0 N–H and O–H groups in total. The number of aromatic nitrogens is 1. The van der Waals surface area contributed by atoms with Crippen LogP contribution in [0.5, 0.6) is 5.75 Å². The molecule has 116 valence electrons. The zero-order valence-electron chi connectivity index (χ0n) is 13.7. The molecular weight excluding hydrogens is 284 g/mol. The van der Waals surface area contributed by atoms with Crippen molar-refractivity contribution in [3.63, 3.8) is 0 Å². The van der Waals surface area contributed by atoms with Gasteiger partial charge in [0.15, 0.2) is 0 Å². The maximum absolute atomic E-state index is 5.34. The van der Waals surface area contributed by atoms with Gasteiger partial charge in [-0.15, -0.1) is 0 Å². The number of hydrogen-bond donors (Lipinski definition) is 0. The monoisotopic (exact) mass is 304 g/mol. The van der Waals surface area contributed by atoms with Gasteiger partial charge in [0.25, 0.3) is 0 Å². The van der Waals surface area contributed by atoms with Gasteiger partial charge in [0.1, 0.15) is 11.4 Å². The van der Waals surface area contributed by atoms with Gasteiger partial charge in [0.2, 0.25) is 0 Å². The lowest BCUT2D eigenvalue weighted by molar-refractivity contribution is 0.416. The summed E-state index contributed by atoms with van der Waals surface area (Å²) >= 11 is 0. The largest absolute Gasteiger partial charge is 0.494 e. The maximum atomic E-state index is 5.34. The molecule has 0 aliphatic carbocycles. The predicted molar refractivity (Wildman–Crippen MR) is 95.5 cm³/mol. The van der Waals surface area contributed by atoms with Crippen molar-refractivity contribution in [1.82, 2.24) is 4.57 Å². The second-order valence-electron chi connectivity index (χ2n) is 5.43. The zero-order valence-corrected chi connectivity index (χ0v) is 13.7. The first-order valence-electron chi connectivity index (χ1n) is 7.62. The molecule has 0 saturated carbocycles. The van der Waals surface area contributed by atoms with E-state index in [9.17, 15) is 0 Å². The number of hydrogen-bond acceptors (Lipinski definition) is 2. The van der Waals surface area contributed by atoms with Crippen LogP contribution in [-0.4, -0.2) is 17.9 Å². The first-order valence-corrected chi connectivity index (χ1v) is 7.62. The highest BCUT2D eigenvalue weighted by Gasteiger charge is 2.09.